The molecule has 1 unspecified atom stereocenters. The predicted octanol–water partition coefficient (Wildman–Crippen LogP) is -2.64. The zero-order valence-electron chi connectivity index (χ0n) is 10.1. The zero-order chi connectivity index (χ0) is 11.4. The number of nitrogens with one attached hydrogen (secondary N) is 1. The Labute approximate surface area is 98.3 Å². The van der Waals surface area contributed by atoms with Gasteiger partial charge in [0.1, 0.15) is 6.54 Å². The summed E-state index contributed by atoms with van der Waals surface area (Å²) in [6.07, 6.45) is 1.24. The van der Waals surface area contributed by atoms with Gasteiger partial charge in [-0.3, -0.25) is 4.79 Å². The third-order valence-corrected chi connectivity index (χ3v) is 1.80. The number of hydrogen-bond acceptors (Lipinski definition) is 2. The van der Waals surface area contributed by atoms with Gasteiger partial charge in [-0.1, -0.05) is 6.58 Å². The Balaban J connectivity index is 0. The van der Waals surface area contributed by atoms with Crippen LogP contribution in [0.3, 0.4) is 0 Å². The van der Waals surface area contributed by atoms with E-state index < -0.39 is 5.72 Å². The number of quaternary nitrogens is 1. The molecule has 5 heteroatoms. The molecule has 4 nitrogen and oxygen atoms in total. The van der Waals surface area contributed by atoms with Crippen LogP contribution in [-0.4, -0.2) is 50.9 Å². The fraction of sp³-hybridized carbons (Fsp3) is 0.700. The summed E-state index contributed by atoms with van der Waals surface area (Å²) in [6, 6.07) is 0. The highest BCUT2D eigenvalue weighted by molar-refractivity contribution is 5.87. The van der Waals surface area contributed by atoms with Gasteiger partial charge in [0.2, 0.25) is 5.91 Å². The van der Waals surface area contributed by atoms with Crippen LogP contribution in [-0.2, 0) is 9.53 Å². The monoisotopic (exact) mass is 236 g/mol. The average Bonchev–Trinajstić information content (AvgIpc) is 2.00. The third-order valence-electron chi connectivity index (χ3n) is 1.80. The minimum Gasteiger partial charge on any atom is -1.00 e. The van der Waals surface area contributed by atoms with E-state index in [-0.39, 0.29) is 18.3 Å². The molecule has 0 fully saturated rings. The van der Waals surface area contributed by atoms with Gasteiger partial charge in [-0.05, 0) is 13.0 Å². The first kappa shape index (κ1) is 16.8. The first-order valence-electron chi connectivity index (χ1n) is 4.52. The normalized spacial score (nSPS) is 14.7. The molecule has 90 valence electrons. The molecular formula is C10H21ClN2O2. The Bertz CT molecular complexity index is 226. The van der Waals surface area contributed by atoms with Gasteiger partial charge >= 0.3 is 0 Å². The molecule has 0 saturated carbocycles. The van der Waals surface area contributed by atoms with E-state index in [2.05, 4.69) is 11.9 Å². The molecule has 0 radical (unpaired) electrons. The molecular weight excluding hydrogens is 216 g/mol. The maximum Gasteiger partial charge on any atom is 0.245 e. The lowest BCUT2D eigenvalue weighted by atomic mass is 10.2. The lowest BCUT2D eigenvalue weighted by Gasteiger charge is -2.35. The Morgan fingerprint density at radius 1 is 1.53 bits per heavy atom. The van der Waals surface area contributed by atoms with Gasteiger partial charge < -0.3 is 26.9 Å². The number of halogens is 1. The molecule has 15 heavy (non-hydrogen) atoms. The molecule has 0 bridgehead atoms. The number of likely N-dealkylation sites (N-methyl/N-ethyl adjacent to an activating group) is 1. The summed E-state index contributed by atoms with van der Waals surface area (Å²) in [5.74, 6) is -0.220. The Morgan fingerprint density at radius 2 is 2.00 bits per heavy atom. The maximum absolute atomic E-state index is 11.2. The maximum atomic E-state index is 11.2. The second-order valence-electron chi connectivity index (χ2n) is 4.58. The fourth-order valence-corrected chi connectivity index (χ4v) is 1.37. The Kier molecular flexibility index (Phi) is 6.85. The summed E-state index contributed by atoms with van der Waals surface area (Å²) in [6.45, 7) is 5.93. The van der Waals surface area contributed by atoms with Crippen molar-refractivity contribution in [2.24, 2.45) is 0 Å². The van der Waals surface area contributed by atoms with Crippen LogP contribution in [0, 0.1) is 0 Å². The number of carbonyl (C=O) groups excluding carboxylic acids is 1. The van der Waals surface area contributed by atoms with Gasteiger partial charge in [-0.2, -0.15) is 0 Å². The van der Waals surface area contributed by atoms with E-state index in [0.717, 1.165) is 0 Å². The average molecular weight is 237 g/mol. The van der Waals surface area contributed by atoms with Gasteiger partial charge in [0.15, 0.2) is 5.72 Å². The van der Waals surface area contributed by atoms with E-state index in [9.17, 15) is 4.79 Å². The van der Waals surface area contributed by atoms with Crippen LogP contribution in [0.4, 0.5) is 0 Å². The molecule has 0 aliphatic rings. The summed E-state index contributed by atoms with van der Waals surface area (Å²) in [5.41, 5.74) is -0.649. The molecule has 1 N–H and O–H groups in total. The predicted molar refractivity (Wildman–Crippen MR) is 56.7 cm³/mol. The van der Waals surface area contributed by atoms with Crippen molar-refractivity contribution in [3.63, 3.8) is 0 Å². The van der Waals surface area contributed by atoms with Gasteiger partial charge in [0, 0.05) is 7.11 Å². The van der Waals surface area contributed by atoms with Gasteiger partial charge in [-0.15, -0.1) is 0 Å². The number of nitrogens with zero attached hydrogens (tertiary/aromatic N) is 1. The fourth-order valence-electron chi connectivity index (χ4n) is 1.37. The van der Waals surface area contributed by atoms with Gasteiger partial charge in [0.05, 0.1) is 21.1 Å². The van der Waals surface area contributed by atoms with Gasteiger partial charge in [-0.25, -0.2) is 0 Å². The van der Waals surface area contributed by atoms with E-state index in [1.807, 2.05) is 28.1 Å². The molecule has 0 spiro atoms. The van der Waals surface area contributed by atoms with Gasteiger partial charge in [0.25, 0.3) is 0 Å². The summed E-state index contributed by atoms with van der Waals surface area (Å²) < 4.78 is 6.00. The number of rotatable bonds is 5. The summed E-state index contributed by atoms with van der Waals surface area (Å²) >= 11 is 0. The minimum atomic E-state index is -0.649. The van der Waals surface area contributed by atoms with Crippen LogP contribution in [0.2, 0.25) is 0 Å². The van der Waals surface area contributed by atoms with E-state index in [1.54, 1.807) is 7.11 Å². The second kappa shape index (κ2) is 6.10. The largest absolute Gasteiger partial charge is 1.00 e. The van der Waals surface area contributed by atoms with Crippen LogP contribution < -0.4 is 17.7 Å². The number of carbonyl (C=O) groups is 1. The van der Waals surface area contributed by atoms with Crippen LogP contribution in [0.15, 0.2) is 12.7 Å². The van der Waals surface area contributed by atoms with E-state index in [0.29, 0.717) is 11.0 Å². The quantitative estimate of drug-likeness (QED) is 0.322. The van der Waals surface area contributed by atoms with Crippen molar-refractivity contribution in [1.29, 1.82) is 0 Å². The molecule has 0 aliphatic carbocycles. The molecule has 1 atom stereocenters. The van der Waals surface area contributed by atoms with E-state index in [1.165, 1.54) is 6.08 Å². The summed E-state index contributed by atoms with van der Waals surface area (Å²) in [5, 5.41) is 2.75. The number of ether oxygens (including phenoxy) is 1. The Morgan fingerprint density at radius 3 is 2.27 bits per heavy atom. The number of methoxy groups -OCH3 is 1. The van der Waals surface area contributed by atoms with Crippen molar-refractivity contribution in [2.75, 3.05) is 34.8 Å². The summed E-state index contributed by atoms with van der Waals surface area (Å²) in [4.78, 5) is 11.2. The van der Waals surface area contributed by atoms with Crippen LogP contribution in [0.1, 0.15) is 6.92 Å². The van der Waals surface area contributed by atoms with Crippen molar-refractivity contribution in [2.45, 2.75) is 12.6 Å². The number of hydrogen-bond donors (Lipinski definition) is 1. The molecule has 1 amide bonds. The van der Waals surface area contributed by atoms with Crippen molar-refractivity contribution in [1.82, 2.24) is 5.32 Å². The second-order valence-corrected chi connectivity index (χ2v) is 4.58. The van der Waals surface area contributed by atoms with Crippen LogP contribution >= 0.6 is 0 Å². The lowest BCUT2D eigenvalue weighted by molar-refractivity contribution is -0.877. The molecule has 0 aromatic carbocycles. The standard InChI is InChI=1S/C10H20N2O2.ClH/c1-7-9(13)11-10(2,14-6)8-12(3,4)5;/h7H,1,8H2,2-6H3;1H. The first-order valence-corrected chi connectivity index (χ1v) is 4.52. The molecule has 0 aromatic heterocycles. The molecule has 0 saturated heterocycles. The third kappa shape index (κ3) is 7.36. The van der Waals surface area contributed by atoms with Crippen LogP contribution in [0.25, 0.3) is 0 Å². The van der Waals surface area contributed by atoms with E-state index in [4.69, 9.17) is 4.74 Å². The SMILES string of the molecule is C=CC(=O)NC(C)(C[N+](C)(C)C)OC.[Cl-]. The highest BCUT2D eigenvalue weighted by Gasteiger charge is 2.31. The Hall–Kier alpha value is -0.580. The van der Waals surface area contributed by atoms with Crippen molar-refractivity contribution < 1.29 is 26.4 Å². The molecule has 0 aromatic rings. The van der Waals surface area contributed by atoms with Crippen molar-refractivity contribution >= 4 is 5.91 Å². The highest BCUT2D eigenvalue weighted by atomic mass is 35.5. The smallest absolute Gasteiger partial charge is 0.245 e. The molecule has 0 rings (SSSR count). The topological polar surface area (TPSA) is 38.3 Å². The minimum absolute atomic E-state index is 0. The van der Waals surface area contributed by atoms with Crippen molar-refractivity contribution in [3.8, 4) is 0 Å². The van der Waals surface area contributed by atoms with Crippen LogP contribution in [0.5, 0.6) is 0 Å². The highest BCUT2D eigenvalue weighted by Crippen LogP contribution is 2.09. The first-order chi connectivity index (χ1) is 6.22. The van der Waals surface area contributed by atoms with Crippen molar-refractivity contribution in [3.05, 3.63) is 12.7 Å². The molecule has 0 heterocycles. The zero-order valence-corrected chi connectivity index (χ0v) is 10.9. The summed E-state index contributed by atoms with van der Waals surface area (Å²) in [7, 11) is 7.70. The number of amides is 1. The lowest BCUT2D eigenvalue weighted by Crippen LogP contribution is -3.00. The van der Waals surface area contributed by atoms with E-state index >= 15 is 0 Å². The molecule has 0 aliphatic heterocycles.